The molecule has 0 radical (unpaired) electrons. The lowest BCUT2D eigenvalue weighted by Crippen LogP contribution is -2.58. The SMILES string of the molecule is CC(N)(Cc1ccc(Cl)cc1)N1CCOCC1. The van der Waals surface area contributed by atoms with Crippen LogP contribution < -0.4 is 5.73 Å². The van der Waals surface area contributed by atoms with Gasteiger partial charge >= 0.3 is 0 Å². The van der Waals surface area contributed by atoms with Gasteiger partial charge in [0.15, 0.2) is 0 Å². The molecule has 94 valence electrons. The molecule has 1 fully saturated rings. The van der Waals surface area contributed by atoms with E-state index in [9.17, 15) is 0 Å². The summed E-state index contributed by atoms with van der Waals surface area (Å²) in [4.78, 5) is 2.28. The van der Waals surface area contributed by atoms with Crippen molar-refractivity contribution >= 4 is 11.6 Å². The van der Waals surface area contributed by atoms with Gasteiger partial charge in [0.05, 0.1) is 18.9 Å². The second-order valence-electron chi connectivity index (χ2n) is 4.76. The van der Waals surface area contributed by atoms with Crippen LogP contribution >= 0.6 is 11.6 Å². The summed E-state index contributed by atoms with van der Waals surface area (Å²) in [6.07, 6.45) is 0.824. The predicted molar refractivity (Wildman–Crippen MR) is 70.1 cm³/mol. The Bertz CT molecular complexity index is 358. The number of halogens is 1. The monoisotopic (exact) mass is 254 g/mol. The second kappa shape index (κ2) is 5.36. The molecule has 17 heavy (non-hydrogen) atoms. The molecule has 1 saturated heterocycles. The van der Waals surface area contributed by atoms with Crippen molar-refractivity contribution in [1.82, 2.24) is 4.90 Å². The Labute approximate surface area is 107 Å². The van der Waals surface area contributed by atoms with Crippen LogP contribution in [0.1, 0.15) is 12.5 Å². The minimum absolute atomic E-state index is 0.322. The van der Waals surface area contributed by atoms with E-state index < -0.39 is 0 Å². The molecule has 0 aromatic heterocycles. The average molecular weight is 255 g/mol. The first-order valence-corrected chi connectivity index (χ1v) is 6.32. The summed E-state index contributed by atoms with van der Waals surface area (Å²) in [7, 11) is 0. The molecule has 1 atom stereocenters. The molecule has 4 heteroatoms. The van der Waals surface area contributed by atoms with E-state index in [2.05, 4.69) is 11.8 Å². The Morgan fingerprint density at radius 1 is 1.29 bits per heavy atom. The van der Waals surface area contributed by atoms with Crippen molar-refractivity contribution in [3.63, 3.8) is 0 Å². The van der Waals surface area contributed by atoms with E-state index in [-0.39, 0.29) is 5.66 Å². The highest BCUT2D eigenvalue weighted by molar-refractivity contribution is 6.30. The number of benzene rings is 1. The van der Waals surface area contributed by atoms with Crippen molar-refractivity contribution in [1.29, 1.82) is 0 Å². The Kier molecular flexibility index (Phi) is 4.05. The molecule has 0 saturated carbocycles. The van der Waals surface area contributed by atoms with Gasteiger partial charge in [0, 0.05) is 24.5 Å². The minimum atomic E-state index is -0.322. The first-order chi connectivity index (χ1) is 8.08. The van der Waals surface area contributed by atoms with Crippen LogP contribution in [0.4, 0.5) is 0 Å². The number of nitrogens with zero attached hydrogens (tertiary/aromatic N) is 1. The fourth-order valence-electron chi connectivity index (χ4n) is 2.20. The summed E-state index contributed by atoms with van der Waals surface area (Å²) in [6.45, 7) is 5.43. The molecule has 1 aliphatic heterocycles. The van der Waals surface area contributed by atoms with Gasteiger partial charge in [-0.25, -0.2) is 0 Å². The van der Waals surface area contributed by atoms with Crippen molar-refractivity contribution in [2.24, 2.45) is 5.73 Å². The van der Waals surface area contributed by atoms with Gasteiger partial charge in [-0.15, -0.1) is 0 Å². The smallest absolute Gasteiger partial charge is 0.0701 e. The largest absolute Gasteiger partial charge is 0.379 e. The van der Waals surface area contributed by atoms with E-state index in [0.29, 0.717) is 0 Å². The number of rotatable bonds is 3. The van der Waals surface area contributed by atoms with E-state index in [1.807, 2.05) is 24.3 Å². The molecule has 1 unspecified atom stereocenters. The van der Waals surface area contributed by atoms with E-state index in [1.165, 1.54) is 5.56 Å². The number of ether oxygens (including phenoxy) is 1. The number of hydrogen-bond acceptors (Lipinski definition) is 3. The maximum atomic E-state index is 6.40. The zero-order valence-corrected chi connectivity index (χ0v) is 10.9. The zero-order chi connectivity index (χ0) is 12.3. The van der Waals surface area contributed by atoms with Crippen molar-refractivity contribution in [3.8, 4) is 0 Å². The van der Waals surface area contributed by atoms with Crippen LogP contribution in [0.3, 0.4) is 0 Å². The summed E-state index contributed by atoms with van der Waals surface area (Å²) >= 11 is 5.87. The van der Waals surface area contributed by atoms with Gasteiger partial charge in [0.2, 0.25) is 0 Å². The van der Waals surface area contributed by atoms with Gasteiger partial charge in [-0.1, -0.05) is 23.7 Å². The van der Waals surface area contributed by atoms with E-state index >= 15 is 0 Å². The quantitative estimate of drug-likeness (QED) is 0.895. The molecule has 0 bridgehead atoms. The van der Waals surface area contributed by atoms with Crippen molar-refractivity contribution in [2.45, 2.75) is 19.0 Å². The Morgan fingerprint density at radius 2 is 1.88 bits per heavy atom. The molecule has 0 spiro atoms. The van der Waals surface area contributed by atoms with Crippen LogP contribution in [0.5, 0.6) is 0 Å². The summed E-state index contributed by atoms with van der Waals surface area (Å²) in [6, 6.07) is 7.89. The number of morpholine rings is 1. The standard InChI is InChI=1S/C13H19ClN2O/c1-13(15,16-6-8-17-9-7-16)10-11-2-4-12(14)5-3-11/h2-5H,6-10,15H2,1H3. The van der Waals surface area contributed by atoms with Gasteiger partial charge in [-0.2, -0.15) is 0 Å². The van der Waals surface area contributed by atoms with Gasteiger partial charge in [-0.3, -0.25) is 4.90 Å². The molecule has 1 aliphatic rings. The number of nitrogens with two attached hydrogens (primary N) is 1. The van der Waals surface area contributed by atoms with Crippen LogP contribution in [0.25, 0.3) is 0 Å². The molecular weight excluding hydrogens is 236 g/mol. The van der Waals surface area contributed by atoms with E-state index in [4.69, 9.17) is 22.1 Å². The summed E-state index contributed by atoms with van der Waals surface area (Å²) in [5.74, 6) is 0. The molecule has 1 aromatic rings. The highest BCUT2D eigenvalue weighted by atomic mass is 35.5. The summed E-state index contributed by atoms with van der Waals surface area (Å²) in [5, 5.41) is 0.763. The first-order valence-electron chi connectivity index (χ1n) is 5.94. The lowest BCUT2D eigenvalue weighted by molar-refractivity contribution is -0.0142. The lowest BCUT2D eigenvalue weighted by atomic mass is 10.00. The molecule has 3 nitrogen and oxygen atoms in total. The maximum Gasteiger partial charge on any atom is 0.0701 e. The Balaban J connectivity index is 2.02. The third-order valence-corrected chi connectivity index (χ3v) is 3.46. The topological polar surface area (TPSA) is 38.5 Å². The van der Waals surface area contributed by atoms with E-state index in [0.717, 1.165) is 37.7 Å². The van der Waals surface area contributed by atoms with Gasteiger partial charge < -0.3 is 10.5 Å². The average Bonchev–Trinajstić information content (AvgIpc) is 2.33. The molecule has 0 amide bonds. The normalized spacial score (nSPS) is 21.1. The van der Waals surface area contributed by atoms with Crippen LogP contribution in [0.2, 0.25) is 5.02 Å². The van der Waals surface area contributed by atoms with Crippen molar-refractivity contribution in [2.75, 3.05) is 26.3 Å². The summed E-state index contributed by atoms with van der Waals surface area (Å²) < 4.78 is 5.35. The fraction of sp³-hybridized carbons (Fsp3) is 0.538. The minimum Gasteiger partial charge on any atom is -0.379 e. The molecular formula is C13H19ClN2O. The highest BCUT2D eigenvalue weighted by Gasteiger charge is 2.28. The lowest BCUT2D eigenvalue weighted by Gasteiger charge is -2.40. The third-order valence-electron chi connectivity index (χ3n) is 3.21. The predicted octanol–water partition coefficient (Wildman–Crippen LogP) is 1.89. The van der Waals surface area contributed by atoms with Crippen LogP contribution in [-0.2, 0) is 11.2 Å². The second-order valence-corrected chi connectivity index (χ2v) is 5.20. The molecule has 2 rings (SSSR count). The van der Waals surface area contributed by atoms with E-state index in [1.54, 1.807) is 0 Å². The van der Waals surface area contributed by atoms with Crippen LogP contribution in [0, 0.1) is 0 Å². The maximum absolute atomic E-state index is 6.40. The van der Waals surface area contributed by atoms with Gasteiger partial charge in [-0.05, 0) is 24.6 Å². The number of hydrogen-bond donors (Lipinski definition) is 1. The van der Waals surface area contributed by atoms with Gasteiger partial charge in [0.1, 0.15) is 0 Å². The van der Waals surface area contributed by atoms with Crippen molar-refractivity contribution < 1.29 is 4.74 Å². The summed E-state index contributed by atoms with van der Waals surface area (Å²) in [5.41, 5.74) is 7.29. The molecule has 0 aliphatic carbocycles. The Morgan fingerprint density at radius 3 is 2.47 bits per heavy atom. The first kappa shape index (κ1) is 12.8. The van der Waals surface area contributed by atoms with Crippen LogP contribution in [-0.4, -0.2) is 36.9 Å². The fourth-order valence-corrected chi connectivity index (χ4v) is 2.33. The molecule has 2 N–H and O–H groups in total. The third kappa shape index (κ3) is 3.42. The highest BCUT2D eigenvalue weighted by Crippen LogP contribution is 2.18. The molecule has 1 heterocycles. The molecule has 1 aromatic carbocycles. The van der Waals surface area contributed by atoms with Crippen molar-refractivity contribution in [3.05, 3.63) is 34.9 Å². The zero-order valence-electron chi connectivity index (χ0n) is 10.2. The Hall–Kier alpha value is -0.610. The van der Waals surface area contributed by atoms with Crippen LogP contribution in [0.15, 0.2) is 24.3 Å². The van der Waals surface area contributed by atoms with Gasteiger partial charge in [0.25, 0.3) is 0 Å².